The number of thiophene rings is 1. The van der Waals surface area contributed by atoms with Crippen molar-refractivity contribution < 1.29 is 19.1 Å². The van der Waals surface area contributed by atoms with Gasteiger partial charge in [0.2, 0.25) is 11.8 Å². The first-order valence-corrected chi connectivity index (χ1v) is 12.4. The number of aryl methyl sites for hydroxylation is 1. The van der Waals surface area contributed by atoms with Crippen LogP contribution < -0.4 is 10.2 Å². The molecule has 1 saturated carbocycles. The Morgan fingerprint density at radius 3 is 2.27 bits per heavy atom. The van der Waals surface area contributed by atoms with Crippen molar-refractivity contribution in [3.63, 3.8) is 0 Å². The van der Waals surface area contributed by atoms with E-state index in [0.717, 1.165) is 69.8 Å². The van der Waals surface area contributed by atoms with Gasteiger partial charge in [0.1, 0.15) is 5.00 Å². The summed E-state index contributed by atoms with van der Waals surface area (Å²) in [4.78, 5) is 42.7. The minimum absolute atomic E-state index is 0.0896. The van der Waals surface area contributed by atoms with E-state index in [-0.39, 0.29) is 47.8 Å². The molecule has 7 heteroatoms. The number of hydrogen-bond donors (Lipinski definition) is 1. The maximum absolute atomic E-state index is 13.4. The topological polar surface area (TPSA) is 75.7 Å². The molecule has 6 rings (SSSR count). The fourth-order valence-electron chi connectivity index (χ4n) is 6.36. The molecule has 4 fully saturated rings. The monoisotopic (exact) mass is 428 g/mol. The van der Waals surface area contributed by atoms with Crippen molar-refractivity contribution in [2.45, 2.75) is 88.9 Å². The molecule has 3 amide bonds. The number of imide groups is 1. The highest BCUT2D eigenvalue weighted by atomic mass is 32.1. The van der Waals surface area contributed by atoms with Crippen LogP contribution in [0.1, 0.15) is 78.6 Å². The van der Waals surface area contributed by atoms with Gasteiger partial charge in [-0.05, 0) is 56.9 Å². The summed E-state index contributed by atoms with van der Waals surface area (Å²) in [6.07, 6.45) is 10.9. The zero-order chi connectivity index (χ0) is 20.4. The predicted octanol–water partition coefficient (Wildman–Crippen LogP) is 3.36. The molecule has 1 N–H and O–H groups in total. The zero-order valence-electron chi connectivity index (χ0n) is 17.2. The van der Waals surface area contributed by atoms with Gasteiger partial charge >= 0.3 is 0 Å². The van der Waals surface area contributed by atoms with Gasteiger partial charge < -0.3 is 10.1 Å². The SMILES string of the molecule is O=C(NC1CCCCC1)c1c(N2C(=O)[C@@H]3[C@@H](C2=O)[C@H]2CC[C@H]3O2)sc2c1CCCC2. The van der Waals surface area contributed by atoms with Gasteiger partial charge in [-0.1, -0.05) is 19.3 Å². The number of carbonyl (C=O) groups excluding carboxylic acids is 3. The van der Waals surface area contributed by atoms with Crippen molar-refractivity contribution in [2.75, 3.05) is 4.90 Å². The van der Waals surface area contributed by atoms with Crippen molar-refractivity contribution in [2.24, 2.45) is 11.8 Å². The normalized spacial score (nSPS) is 33.1. The van der Waals surface area contributed by atoms with E-state index < -0.39 is 0 Å². The first-order valence-electron chi connectivity index (χ1n) is 11.6. The van der Waals surface area contributed by atoms with Gasteiger partial charge in [0, 0.05) is 10.9 Å². The number of fused-ring (bicyclic) bond motifs is 6. The lowest BCUT2D eigenvalue weighted by Crippen LogP contribution is -2.39. The number of ether oxygens (including phenoxy) is 1. The second kappa shape index (κ2) is 7.16. The summed E-state index contributed by atoms with van der Waals surface area (Å²) in [5.74, 6) is -1.10. The summed E-state index contributed by atoms with van der Waals surface area (Å²) in [5, 5.41) is 3.82. The molecule has 0 radical (unpaired) electrons. The van der Waals surface area contributed by atoms with Crippen LogP contribution in [0.15, 0.2) is 0 Å². The molecule has 2 bridgehead atoms. The van der Waals surface area contributed by atoms with E-state index in [1.165, 1.54) is 27.5 Å². The standard InChI is InChI=1S/C23H28N2O4S/c26-20(24-12-6-2-1-3-7-12)17-13-8-4-5-9-16(13)30-23(17)25-21(27)18-14-10-11-15(29-14)19(18)22(25)28/h12,14-15,18-19H,1-11H2,(H,24,26)/t14-,15-,18+,19+/m1/s1. The van der Waals surface area contributed by atoms with Crippen molar-refractivity contribution in [1.82, 2.24) is 5.32 Å². The second-order valence-corrected chi connectivity index (χ2v) is 10.6. The van der Waals surface area contributed by atoms with Crippen LogP contribution in [-0.2, 0) is 27.2 Å². The lowest BCUT2D eigenvalue weighted by molar-refractivity contribution is -0.124. The van der Waals surface area contributed by atoms with Gasteiger partial charge in [0.25, 0.3) is 5.91 Å². The van der Waals surface area contributed by atoms with Crippen molar-refractivity contribution in [1.29, 1.82) is 0 Å². The van der Waals surface area contributed by atoms with Crippen LogP contribution in [-0.4, -0.2) is 36.0 Å². The highest BCUT2D eigenvalue weighted by molar-refractivity contribution is 7.17. The molecule has 4 atom stereocenters. The molecule has 160 valence electrons. The first kappa shape index (κ1) is 19.0. The third kappa shape index (κ3) is 2.74. The number of carbonyl (C=O) groups is 3. The Morgan fingerprint density at radius 2 is 1.57 bits per heavy atom. The molecule has 5 aliphatic rings. The Kier molecular flexibility index (Phi) is 4.53. The van der Waals surface area contributed by atoms with E-state index in [1.54, 1.807) is 0 Å². The summed E-state index contributed by atoms with van der Waals surface area (Å²) < 4.78 is 5.88. The molecule has 1 aromatic rings. The van der Waals surface area contributed by atoms with E-state index in [2.05, 4.69) is 5.32 Å². The summed E-state index contributed by atoms with van der Waals surface area (Å²) in [6, 6.07) is 0.201. The number of anilines is 1. The number of rotatable bonds is 3. The molecule has 30 heavy (non-hydrogen) atoms. The van der Waals surface area contributed by atoms with E-state index in [1.807, 2.05) is 0 Å². The molecule has 4 heterocycles. The van der Waals surface area contributed by atoms with Crippen LogP contribution in [0.2, 0.25) is 0 Å². The Bertz CT molecular complexity index is 891. The van der Waals surface area contributed by atoms with Crippen LogP contribution in [0.25, 0.3) is 0 Å². The summed E-state index contributed by atoms with van der Waals surface area (Å²) in [7, 11) is 0. The molecular weight excluding hydrogens is 400 g/mol. The maximum Gasteiger partial charge on any atom is 0.254 e. The number of nitrogens with one attached hydrogen (secondary N) is 1. The van der Waals surface area contributed by atoms with E-state index in [0.29, 0.717) is 10.6 Å². The predicted molar refractivity (Wildman–Crippen MR) is 113 cm³/mol. The summed E-state index contributed by atoms with van der Waals surface area (Å²) >= 11 is 1.50. The fourth-order valence-corrected chi connectivity index (χ4v) is 7.76. The number of nitrogens with zero attached hydrogens (tertiary/aromatic N) is 1. The molecule has 6 nitrogen and oxygen atoms in total. The lowest BCUT2D eigenvalue weighted by Gasteiger charge is -2.24. The van der Waals surface area contributed by atoms with Gasteiger partial charge in [-0.3, -0.25) is 14.4 Å². The van der Waals surface area contributed by atoms with Gasteiger partial charge in [0.15, 0.2) is 0 Å². The smallest absolute Gasteiger partial charge is 0.254 e. The summed E-state index contributed by atoms with van der Waals surface area (Å²) in [5.41, 5.74) is 1.68. The van der Waals surface area contributed by atoms with Crippen LogP contribution in [0, 0.1) is 11.8 Å². The molecule has 3 saturated heterocycles. The number of hydrogen-bond acceptors (Lipinski definition) is 5. The van der Waals surface area contributed by atoms with Crippen molar-refractivity contribution in [3.05, 3.63) is 16.0 Å². The van der Waals surface area contributed by atoms with Gasteiger partial charge in [-0.2, -0.15) is 0 Å². The quantitative estimate of drug-likeness (QED) is 0.749. The van der Waals surface area contributed by atoms with E-state index in [9.17, 15) is 14.4 Å². The van der Waals surface area contributed by atoms with Gasteiger partial charge in [-0.25, -0.2) is 4.90 Å². The summed E-state index contributed by atoms with van der Waals surface area (Å²) in [6.45, 7) is 0. The second-order valence-electron chi connectivity index (χ2n) is 9.55. The fraction of sp³-hybridized carbons (Fsp3) is 0.696. The van der Waals surface area contributed by atoms with Crippen LogP contribution in [0.5, 0.6) is 0 Å². The van der Waals surface area contributed by atoms with Gasteiger partial charge in [0.05, 0.1) is 29.6 Å². The molecular formula is C23H28N2O4S. The largest absolute Gasteiger partial charge is 0.373 e. The van der Waals surface area contributed by atoms with E-state index >= 15 is 0 Å². The van der Waals surface area contributed by atoms with E-state index in [4.69, 9.17) is 4.74 Å². The maximum atomic E-state index is 13.4. The molecule has 1 aromatic heterocycles. The van der Waals surface area contributed by atoms with Crippen LogP contribution in [0.3, 0.4) is 0 Å². The molecule has 0 aromatic carbocycles. The van der Waals surface area contributed by atoms with Crippen LogP contribution >= 0.6 is 11.3 Å². The molecule has 0 spiro atoms. The number of amides is 3. The highest BCUT2D eigenvalue weighted by Gasteiger charge is 2.63. The Labute approximate surface area is 180 Å². The Hall–Kier alpha value is -1.73. The minimum Gasteiger partial charge on any atom is -0.373 e. The van der Waals surface area contributed by atoms with Gasteiger partial charge in [-0.15, -0.1) is 11.3 Å². The Morgan fingerprint density at radius 1 is 0.900 bits per heavy atom. The molecule has 3 aliphatic heterocycles. The third-order valence-corrected chi connectivity index (χ3v) is 9.08. The first-order chi connectivity index (χ1) is 14.6. The Balaban J connectivity index is 1.37. The van der Waals surface area contributed by atoms with Crippen molar-refractivity contribution >= 4 is 34.1 Å². The lowest BCUT2D eigenvalue weighted by atomic mass is 9.81. The highest BCUT2D eigenvalue weighted by Crippen LogP contribution is 2.51. The molecule has 0 unspecified atom stereocenters. The average molecular weight is 429 g/mol. The molecule has 2 aliphatic carbocycles. The minimum atomic E-state index is -0.357. The van der Waals surface area contributed by atoms with Crippen LogP contribution in [0.4, 0.5) is 5.00 Å². The van der Waals surface area contributed by atoms with Crippen molar-refractivity contribution in [3.8, 4) is 0 Å². The zero-order valence-corrected chi connectivity index (χ0v) is 18.0. The third-order valence-electron chi connectivity index (χ3n) is 7.81. The average Bonchev–Trinajstić information content (AvgIpc) is 3.50.